The highest BCUT2D eigenvalue weighted by molar-refractivity contribution is 6.09. The van der Waals surface area contributed by atoms with Crippen LogP contribution in [0, 0.1) is 0 Å². The minimum absolute atomic E-state index is 0. The number of rotatable bonds is 4. The predicted octanol–water partition coefficient (Wildman–Crippen LogP) is 5.60. The lowest BCUT2D eigenvalue weighted by atomic mass is 9.92. The molecule has 3 aromatic rings. The van der Waals surface area contributed by atoms with Crippen LogP contribution in [-0.2, 0) is 0 Å². The Hall–Kier alpha value is -1.57. The van der Waals surface area contributed by atoms with E-state index in [0.717, 1.165) is 6.42 Å². The number of hydrogen-bond donors (Lipinski definition) is 1. The third-order valence-electron chi connectivity index (χ3n) is 4.07. The topological polar surface area (TPSA) is 26.0 Å². The first-order chi connectivity index (χ1) is 9.81. The normalized spacial score (nSPS) is 12.3. The summed E-state index contributed by atoms with van der Waals surface area (Å²) in [6, 6.07) is 19.6. The molecule has 0 unspecified atom stereocenters. The summed E-state index contributed by atoms with van der Waals surface area (Å²) in [5.41, 5.74) is 7.72. The Bertz CT molecular complexity index is 736. The van der Waals surface area contributed by atoms with Crippen LogP contribution in [0.4, 0.5) is 0 Å². The van der Waals surface area contributed by atoms with Crippen molar-refractivity contribution >= 4 is 34.0 Å². The van der Waals surface area contributed by atoms with Gasteiger partial charge >= 0.3 is 0 Å². The number of benzene rings is 3. The van der Waals surface area contributed by atoms with Gasteiger partial charge in [0.1, 0.15) is 0 Å². The lowest BCUT2D eigenvalue weighted by molar-refractivity contribution is 0.607. The highest BCUT2D eigenvalue weighted by Crippen LogP contribution is 2.32. The van der Waals surface area contributed by atoms with Gasteiger partial charge in [-0.2, -0.15) is 0 Å². The third kappa shape index (κ3) is 3.04. The van der Waals surface area contributed by atoms with Crippen molar-refractivity contribution in [1.82, 2.24) is 0 Å². The maximum atomic E-state index is 6.44. The summed E-state index contributed by atoms with van der Waals surface area (Å²) >= 11 is 0. The summed E-state index contributed by atoms with van der Waals surface area (Å²) in [4.78, 5) is 0. The Morgan fingerprint density at radius 3 is 2.24 bits per heavy atom. The van der Waals surface area contributed by atoms with Crippen molar-refractivity contribution < 1.29 is 0 Å². The van der Waals surface area contributed by atoms with Crippen LogP contribution < -0.4 is 5.73 Å². The van der Waals surface area contributed by atoms with E-state index in [9.17, 15) is 0 Å². The number of unbranched alkanes of at least 4 members (excludes halogenated alkanes) is 1. The van der Waals surface area contributed by atoms with Crippen molar-refractivity contribution in [1.29, 1.82) is 0 Å². The van der Waals surface area contributed by atoms with Crippen LogP contribution in [-0.4, -0.2) is 0 Å². The molecule has 2 heteroatoms. The summed E-state index contributed by atoms with van der Waals surface area (Å²) in [6.45, 7) is 2.21. The highest BCUT2D eigenvalue weighted by atomic mass is 35.5. The monoisotopic (exact) mass is 299 g/mol. The lowest BCUT2D eigenvalue weighted by Gasteiger charge is -2.16. The maximum absolute atomic E-state index is 6.44. The van der Waals surface area contributed by atoms with E-state index in [2.05, 4.69) is 61.5 Å². The zero-order valence-electron chi connectivity index (χ0n) is 12.4. The largest absolute Gasteiger partial charge is 0.324 e. The van der Waals surface area contributed by atoms with Gasteiger partial charge < -0.3 is 5.73 Å². The fourth-order valence-electron chi connectivity index (χ4n) is 2.97. The molecule has 0 spiro atoms. The van der Waals surface area contributed by atoms with Crippen molar-refractivity contribution in [3.63, 3.8) is 0 Å². The van der Waals surface area contributed by atoms with Gasteiger partial charge in [-0.3, -0.25) is 0 Å². The van der Waals surface area contributed by atoms with E-state index in [1.165, 1.54) is 39.9 Å². The molecule has 0 aliphatic carbocycles. The number of fused-ring (bicyclic) bond motifs is 3. The van der Waals surface area contributed by atoms with Crippen molar-refractivity contribution in [2.75, 3.05) is 0 Å². The molecule has 110 valence electrons. The van der Waals surface area contributed by atoms with Crippen molar-refractivity contribution in [2.45, 2.75) is 32.2 Å². The molecule has 0 aromatic heterocycles. The molecule has 0 aliphatic rings. The highest BCUT2D eigenvalue weighted by Gasteiger charge is 2.11. The molecule has 0 heterocycles. The third-order valence-corrected chi connectivity index (χ3v) is 4.07. The summed E-state index contributed by atoms with van der Waals surface area (Å²) in [6.07, 6.45) is 3.43. The van der Waals surface area contributed by atoms with Gasteiger partial charge in [0.15, 0.2) is 0 Å². The molecule has 0 fully saturated rings. The molecule has 2 N–H and O–H groups in total. The molecular weight excluding hydrogens is 278 g/mol. The van der Waals surface area contributed by atoms with Crippen LogP contribution in [0.2, 0.25) is 0 Å². The minimum atomic E-state index is 0. The van der Waals surface area contributed by atoms with E-state index >= 15 is 0 Å². The van der Waals surface area contributed by atoms with E-state index in [-0.39, 0.29) is 18.4 Å². The van der Waals surface area contributed by atoms with Gasteiger partial charge in [-0.25, -0.2) is 0 Å². The molecule has 21 heavy (non-hydrogen) atoms. The number of halogens is 1. The number of hydrogen-bond acceptors (Lipinski definition) is 1. The Morgan fingerprint density at radius 2 is 1.52 bits per heavy atom. The first kappa shape index (κ1) is 15.8. The first-order valence-corrected chi connectivity index (χ1v) is 7.47. The molecule has 0 amide bonds. The van der Waals surface area contributed by atoms with Gasteiger partial charge in [-0.05, 0) is 39.6 Å². The van der Waals surface area contributed by atoms with Crippen LogP contribution in [0.1, 0.15) is 37.8 Å². The predicted molar refractivity (Wildman–Crippen MR) is 95.2 cm³/mol. The van der Waals surface area contributed by atoms with E-state index in [1.54, 1.807) is 0 Å². The van der Waals surface area contributed by atoms with Gasteiger partial charge in [0, 0.05) is 6.04 Å². The summed E-state index contributed by atoms with van der Waals surface area (Å²) in [7, 11) is 0. The summed E-state index contributed by atoms with van der Waals surface area (Å²) in [5, 5.41) is 5.21. The molecule has 3 rings (SSSR count). The average Bonchev–Trinajstić information content (AvgIpc) is 2.52. The van der Waals surface area contributed by atoms with E-state index in [0.29, 0.717) is 0 Å². The van der Waals surface area contributed by atoms with E-state index < -0.39 is 0 Å². The van der Waals surface area contributed by atoms with Crippen LogP contribution in [0.15, 0.2) is 54.6 Å². The second kappa shape index (κ2) is 6.93. The fourth-order valence-corrected chi connectivity index (χ4v) is 2.97. The Balaban J connectivity index is 0.00000161. The maximum Gasteiger partial charge on any atom is 0.0301 e. The molecule has 1 nitrogen and oxygen atoms in total. The smallest absolute Gasteiger partial charge is 0.0301 e. The van der Waals surface area contributed by atoms with Crippen LogP contribution in [0.25, 0.3) is 21.5 Å². The van der Waals surface area contributed by atoms with Gasteiger partial charge in [0.2, 0.25) is 0 Å². The van der Waals surface area contributed by atoms with Crippen molar-refractivity contribution in [3.8, 4) is 0 Å². The van der Waals surface area contributed by atoms with Gasteiger partial charge in [0.05, 0.1) is 0 Å². The zero-order chi connectivity index (χ0) is 13.9. The van der Waals surface area contributed by atoms with Gasteiger partial charge in [-0.15, -0.1) is 12.4 Å². The average molecular weight is 300 g/mol. The second-order valence-electron chi connectivity index (χ2n) is 5.48. The Kier molecular flexibility index (Phi) is 5.22. The Morgan fingerprint density at radius 1 is 0.905 bits per heavy atom. The van der Waals surface area contributed by atoms with Crippen LogP contribution in [0.3, 0.4) is 0 Å². The van der Waals surface area contributed by atoms with Gasteiger partial charge in [-0.1, -0.05) is 68.3 Å². The van der Waals surface area contributed by atoms with Gasteiger partial charge in [0.25, 0.3) is 0 Å². The SMILES string of the molecule is CCCC[C@@H](N)c1cc2ccccc2c2ccccc12.Cl. The standard InChI is InChI=1S/C19H21N.ClH/c1-2-3-12-19(20)18-13-14-8-4-5-9-15(14)16-10-6-7-11-17(16)18;/h4-11,13,19H,2-3,12,20H2,1H3;1H/t19-;/m1./s1. The first-order valence-electron chi connectivity index (χ1n) is 7.47. The van der Waals surface area contributed by atoms with Crippen molar-refractivity contribution in [2.24, 2.45) is 5.73 Å². The molecular formula is C19H22ClN. The minimum Gasteiger partial charge on any atom is -0.324 e. The van der Waals surface area contributed by atoms with Crippen LogP contribution >= 0.6 is 12.4 Å². The summed E-state index contributed by atoms with van der Waals surface area (Å²) in [5.74, 6) is 0. The van der Waals surface area contributed by atoms with E-state index in [4.69, 9.17) is 5.73 Å². The molecule has 0 saturated heterocycles. The fraction of sp³-hybridized carbons (Fsp3) is 0.263. The zero-order valence-corrected chi connectivity index (χ0v) is 13.2. The second-order valence-corrected chi connectivity index (χ2v) is 5.48. The number of nitrogens with two attached hydrogens (primary N) is 1. The molecule has 3 aromatic carbocycles. The van der Waals surface area contributed by atoms with Crippen LogP contribution in [0.5, 0.6) is 0 Å². The van der Waals surface area contributed by atoms with E-state index in [1.807, 2.05) is 0 Å². The molecule has 0 aliphatic heterocycles. The molecule has 1 atom stereocenters. The lowest BCUT2D eigenvalue weighted by Crippen LogP contribution is -2.10. The molecule has 0 radical (unpaired) electrons. The summed E-state index contributed by atoms with van der Waals surface area (Å²) < 4.78 is 0. The Labute approximate surface area is 132 Å². The molecule has 0 bridgehead atoms. The quantitative estimate of drug-likeness (QED) is 0.623. The molecule has 0 saturated carbocycles. The van der Waals surface area contributed by atoms with Crippen molar-refractivity contribution in [3.05, 3.63) is 60.2 Å².